The minimum atomic E-state index is -5.47. The maximum Gasteiger partial charge on any atom is 0.420 e. The zero-order valence-corrected chi connectivity index (χ0v) is 33.9. The fourth-order valence-corrected chi connectivity index (χ4v) is 9.05. The van der Waals surface area contributed by atoms with E-state index in [1.807, 2.05) is 4.90 Å². The minimum Gasteiger partial charge on any atom is -0.490 e. The maximum atomic E-state index is 17.7. The molecule has 0 radical (unpaired) electrons. The highest BCUT2D eigenvalue weighted by molar-refractivity contribution is 7.23. The minimum absolute atomic E-state index is 0.0478. The first-order chi connectivity index (χ1) is 28.7. The summed E-state index contributed by atoms with van der Waals surface area (Å²) in [7, 11) is 0. The number of nitrogens with one attached hydrogen (secondary N) is 2. The molecule has 21 heteroatoms. The number of aliphatic hydroxyl groups excluding tert-OH is 1. The summed E-state index contributed by atoms with van der Waals surface area (Å²) in [6, 6.07) is 2.83. The third-order valence-electron chi connectivity index (χ3n) is 10.4. The molecule has 5 N–H and O–H groups in total. The Hall–Kier alpha value is -5.72. The van der Waals surface area contributed by atoms with Crippen molar-refractivity contribution in [3.05, 3.63) is 58.5 Å². The Morgan fingerprint density at radius 1 is 1.18 bits per heavy atom. The molecule has 2 aliphatic heterocycles. The number of aliphatic hydroxyl groups is 1. The zero-order valence-electron chi connectivity index (χ0n) is 33.1. The number of amides is 1. The molecule has 0 aliphatic carbocycles. The number of alkyl halides is 4. The quantitative estimate of drug-likeness (QED) is 0.0930. The van der Waals surface area contributed by atoms with Crippen LogP contribution in [0.2, 0.25) is 0 Å². The van der Waals surface area contributed by atoms with Crippen LogP contribution in [-0.4, -0.2) is 81.3 Å². The van der Waals surface area contributed by atoms with Crippen molar-refractivity contribution < 1.29 is 54.8 Å². The van der Waals surface area contributed by atoms with Crippen molar-refractivity contribution in [1.82, 2.24) is 19.9 Å². The molecular weight excluding hydrogens is 838 g/mol. The molecule has 0 unspecified atom stereocenters. The van der Waals surface area contributed by atoms with E-state index >= 15 is 22.0 Å². The Morgan fingerprint density at radius 2 is 1.93 bits per heavy atom. The zero-order chi connectivity index (χ0) is 44.2. The molecule has 3 atom stereocenters. The van der Waals surface area contributed by atoms with Crippen molar-refractivity contribution >= 4 is 55.1 Å². The van der Waals surface area contributed by atoms with Gasteiger partial charge >= 0.3 is 18.3 Å². The smallest absolute Gasteiger partial charge is 0.420 e. The van der Waals surface area contributed by atoms with Gasteiger partial charge in [-0.2, -0.15) is 28.4 Å². The van der Waals surface area contributed by atoms with Crippen LogP contribution in [-0.2, 0) is 10.9 Å². The molecule has 3 aromatic heterocycles. The fourth-order valence-electron chi connectivity index (χ4n) is 7.98. The number of ether oxygens (including phenoxy) is 3. The lowest BCUT2D eigenvalue weighted by molar-refractivity contribution is -0.138. The number of carbonyl (C=O) groups is 1. The maximum absolute atomic E-state index is 17.7. The number of nitriles is 1. The number of nitrogen functional groups attached to an aromatic ring is 1. The van der Waals surface area contributed by atoms with E-state index in [1.165, 1.54) is 6.92 Å². The van der Waals surface area contributed by atoms with Crippen molar-refractivity contribution in [3.63, 3.8) is 0 Å². The van der Waals surface area contributed by atoms with Crippen LogP contribution in [0, 0.1) is 28.8 Å². The second-order valence-corrected chi connectivity index (χ2v) is 16.8. The van der Waals surface area contributed by atoms with Gasteiger partial charge in [0.25, 0.3) is 0 Å². The lowest BCUT2D eigenvalue weighted by atomic mass is 9.91. The standard InChI is InChI=1S/C40H39F7N8O5S/c1-18(22-12-19(41)15-50-33(22)49)51-34-27-30(52-36(53-34)59-17-39-8-5-9-55(39)16-20(42)13-39)29(44)26(28(40(45,46)47)31(27)58-11-10-56)21-6-7-24(43)32-25(21)23(14-48)35(61-32)54-37(57)60-38(2,3)4/h6-7,12,15,18,20,56H,5,8-11,13,16-17H2,1-4H3,(H2,49,50)(H,54,57)(H,51,52,53)/t18-,20-,39+/m1/s1. The largest absolute Gasteiger partial charge is 0.490 e. The molecule has 5 aromatic rings. The molecule has 0 spiro atoms. The third-order valence-corrected chi connectivity index (χ3v) is 11.5. The van der Waals surface area contributed by atoms with E-state index in [0.717, 1.165) is 30.8 Å². The predicted molar refractivity (Wildman–Crippen MR) is 212 cm³/mol. The predicted octanol–water partition coefficient (Wildman–Crippen LogP) is 8.64. The summed E-state index contributed by atoms with van der Waals surface area (Å²) >= 11 is 0.511. The van der Waals surface area contributed by atoms with E-state index in [-0.39, 0.29) is 36.0 Å². The number of pyridine rings is 1. The van der Waals surface area contributed by atoms with Crippen molar-refractivity contribution in [2.24, 2.45) is 0 Å². The number of nitrogens with two attached hydrogens (primary N) is 1. The van der Waals surface area contributed by atoms with E-state index in [9.17, 15) is 23.9 Å². The van der Waals surface area contributed by atoms with Gasteiger partial charge in [0.05, 0.1) is 40.0 Å². The second-order valence-electron chi connectivity index (χ2n) is 15.7. The molecule has 2 fully saturated rings. The number of hydrogen-bond acceptors (Lipinski definition) is 13. The van der Waals surface area contributed by atoms with Gasteiger partial charge in [0.15, 0.2) is 5.82 Å². The average Bonchev–Trinajstić information content (AvgIpc) is 3.83. The summed E-state index contributed by atoms with van der Waals surface area (Å²) in [5.41, 5.74) is -0.622. The van der Waals surface area contributed by atoms with E-state index in [1.54, 1.807) is 26.8 Å². The summed E-state index contributed by atoms with van der Waals surface area (Å²) in [6.45, 7) is 5.14. The van der Waals surface area contributed by atoms with Crippen molar-refractivity contribution in [2.75, 3.05) is 49.3 Å². The molecular formula is C40H39F7N8O5S. The molecule has 61 heavy (non-hydrogen) atoms. The van der Waals surface area contributed by atoms with Crippen LogP contribution in [0.25, 0.3) is 32.1 Å². The Bertz CT molecular complexity index is 2580. The van der Waals surface area contributed by atoms with Crippen LogP contribution < -0.4 is 25.8 Å². The van der Waals surface area contributed by atoms with Crippen molar-refractivity contribution in [1.29, 1.82) is 5.26 Å². The van der Waals surface area contributed by atoms with Crippen LogP contribution in [0.1, 0.15) is 69.7 Å². The van der Waals surface area contributed by atoms with Gasteiger partial charge in [-0.3, -0.25) is 10.2 Å². The Kier molecular flexibility index (Phi) is 11.6. The fraction of sp³-hybridized carbons (Fsp3) is 0.425. The molecule has 5 heterocycles. The highest BCUT2D eigenvalue weighted by Gasteiger charge is 2.50. The van der Waals surface area contributed by atoms with Gasteiger partial charge < -0.3 is 30.4 Å². The number of fused-ring (bicyclic) bond motifs is 3. The second kappa shape index (κ2) is 16.3. The van der Waals surface area contributed by atoms with Gasteiger partial charge in [0.2, 0.25) is 0 Å². The number of halogens is 7. The molecule has 13 nitrogen and oxygen atoms in total. The first-order valence-electron chi connectivity index (χ1n) is 19.0. The summed E-state index contributed by atoms with van der Waals surface area (Å²) in [5, 5.41) is 23.9. The summed E-state index contributed by atoms with van der Waals surface area (Å²) in [4.78, 5) is 27.1. The van der Waals surface area contributed by atoms with Gasteiger partial charge in [0, 0.05) is 29.5 Å². The molecule has 2 saturated heterocycles. The van der Waals surface area contributed by atoms with Crippen LogP contribution >= 0.6 is 11.3 Å². The monoisotopic (exact) mass is 876 g/mol. The molecule has 7 rings (SSSR count). The first-order valence-corrected chi connectivity index (χ1v) is 19.8. The number of thiophene rings is 1. The number of benzene rings is 2. The van der Waals surface area contributed by atoms with Gasteiger partial charge in [-0.05, 0) is 64.8 Å². The average molecular weight is 877 g/mol. The SMILES string of the molecule is C[C@@H](Nc1nc(OC[C@@]23CCCN2C[C@H](F)C3)nc2c(F)c(-c3ccc(F)c4sc(NC(=O)OC(C)(C)C)c(C#N)c34)c(C(F)(F)F)c(OCCO)c12)c1cc(F)cnc1N. The number of anilines is 3. The number of aromatic nitrogens is 3. The highest BCUT2D eigenvalue weighted by atomic mass is 32.1. The number of rotatable bonds is 11. The van der Waals surface area contributed by atoms with Gasteiger partial charge in [-0.1, -0.05) is 6.07 Å². The first kappa shape index (κ1) is 43.4. The topological polar surface area (TPSA) is 181 Å². The van der Waals surface area contributed by atoms with Crippen molar-refractivity contribution in [2.45, 2.75) is 76.5 Å². The van der Waals surface area contributed by atoms with E-state index < -0.39 is 127 Å². The van der Waals surface area contributed by atoms with Gasteiger partial charge in [-0.25, -0.2) is 27.3 Å². The molecule has 0 saturated carbocycles. The summed E-state index contributed by atoms with van der Waals surface area (Å²) < 4.78 is 126. The lowest BCUT2D eigenvalue weighted by Gasteiger charge is -2.31. The lowest BCUT2D eigenvalue weighted by Crippen LogP contribution is -2.43. The molecule has 2 aromatic carbocycles. The summed E-state index contributed by atoms with van der Waals surface area (Å²) in [6.07, 6.45) is -5.42. The van der Waals surface area contributed by atoms with E-state index in [0.29, 0.717) is 24.3 Å². The third kappa shape index (κ3) is 8.35. The Labute approximate surface area is 347 Å². The number of hydrogen-bond donors (Lipinski definition) is 4. The van der Waals surface area contributed by atoms with Crippen LogP contribution in [0.15, 0.2) is 24.4 Å². The van der Waals surface area contributed by atoms with Crippen LogP contribution in [0.3, 0.4) is 0 Å². The van der Waals surface area contributed by atoms with Crippen LogP contribution in [0.4, 0.5) is 52.2 Å². The highest BCUT2D eigenvalue weighted by Crippen LogP contribution is 2.53. The normalized spacial score (nSPS) is 18.6. The Balaban J connectivity index is 1.51. The van der Waals surface area contributed by atoms with Gasteiger partial charge in [0.1, 0.15) is 76.2 Å². The Morgan fingerprint density at radius 3 is 2.62 bits per heavy atom. The molecule has 1 amide bonds. The van der Waals surface area contributed by atoms with Crippen molar-refractivity contribution in [3.8, 4) is 29.0 Å². The van der Waals surface area contributed by atoms with Crippen LogP contribution in [0.5, 0.6) is 11.8 Å². The number of carbonyl (C=O) groups excluding carboxylic acids is 1. The van der Waals surface area contributed by atoms with E-state index in [4.69, 9.17) is 19.9 Å². The van der Waals surface area contributed by atoms with E-state index in [2.05, 4.69) is 25.6 Å². The molecule has 324 valence electrons. The molecule has 0 bridgehead atoms. The number of nitrogens with zero attached hydrogens (tertiary/aromatic N) is 5. The van der Waals surface area contributed by atoms with Gasteiger partial charge in [-0.15, -0.1) is 11.3 Å². The molecule has 2 aliphatic rings. The summed E-state index contributed by atoms with van der Waals surface area (Å²) in [5.74, 6) is -5.16.